The zero-order valence-corrected chi connectivity index (χ0v) is 14.3. The van der Waals surface area contributed by atoms with E-state index >= 15 is 0 Å². The van der Waals surface area contributed by atoms with Crippen LogP contribution >= 0.6 is 0 Å². The van der Waals surface area contributed by atoms with Gasteiger partial charge in [-0.3, -0.25) is 0 Å². The Morgan fingerprint density at radius 2 is 1.24 bits per heavy atom. The van der Waals surface area contributed by atoms with E-state index in [0.29, 0.717) is 0 Å². The topological polar surface area (TPSA) is 12.0 Å². The van der Waals surface area contributed by atoms with Crippen molar-refractivity contribution in [2.75, 3.05) is 6.54 Å². The van der Waals surface area contributed by atoms with Crippen molar-refractivity contribution in [3.63, 3.8) is 0 Å². The van der Waals surface area contributed by atoms with Crippen molar-refractivity contribution < 1.29 is 0 Å². The van der Waals surface area contributed by atoms with Crippen molar-refractivity contribution in [1.82, 2.24) is 4.98 Å². The van der Waals surface area contributed by atoms with Crippen LogP contribution in [-0.2, 0) is 0 Å². The summed E-state index contributed by atoms with van der Waals surface area (Å²) < 4.78 is 0. The van der Waals surface area contributed by atoms with E-state index in [-0.39, 0.29) is 0 Å². The van der Waals surface area contributed by atoms with Crippen molar-refractivity contribution in [3.05, 3.63) is 0 Å². The van der Waals surface area contributed by atoms with Crippen LogP contribution in [0.2, 0.25) is 16.6 Å². The summed E-state index contributed by atoms with van der Waals surface area (Å²) >= 11 is 0. The minimum Gasteiger partial charge on any atom is -0.336 e. The van der Waals surface area contributed by atoms with Crippen molar-refractivity contribution in [3.8, 4) is 0 Å². The SMILES string of the molecule is CCCCCCN[Si](C(C)C)(C(C)C)C(C)C. The Kier molecular flexibility index (Phi) is 8.40. The standard InChI is InChI=1S/C15H35NSi/c1-8-9-10-11-12-16-17(13(2)3,14(4)5)15(6)7/h13-16H,8-12H2,1-7H3. The molecular weight excluding hydrogens is 222 g/mol. The van der Waals surface area contributed by atoms with Crippen LogP contribution in [0.5, 0.6) is 0 Å². The Morgan fingerprint density at radius 1 is 0.765 bits per heavy atom. The van der Waals surface area contributed by atoms with E-state index in [1.807, 2.05) is 0 Å². The smallest absolute Gasteiger partial charge is 0.133 e. The average Bonchev–Trinajstić information content (AvgIpc) is 2.21. The lowest BCUT2D eigenvalue weighted by Gasteiger charge is -2.43. The van der Waals surface area contributed by atoms with Gasteiger partial charge in [-0.1, -0.05) is 67.7 Å². The van der Waals surface area contributed by atoms with E-state index < -0.39 is 8.24 Å². The van der Waals surface area contributed by atoms with Crippen molar-refractivity contribution in [2.24, 2.45) is 0 Å². The number of rotatable bonds is 9. The number of nitrogens with one attached hydrogen (secondary N) is 1. The minimum atomic E-state index is -1.34. The first-order valence-corrected chi connectivity index (χ1v) is 9.87. The molecule has 0 radical (unpaired) electrons. The van der Waals surface area contributed by atoms with Gasteiger partial charge < -0.3 is 4.98 Å². The molecule has 0 aliphatic rings. The van der Waals surface area contributed by atoms with E-state index in [1.54, 1.807) is 0 Å². The molecule has 0 rings (SSSR count). The lowest BCUT2D eigenvalue weighted by molar-refractivity contribution is 0.634. The fourth-order valence-corrected chi connectivity index (χ4v) is 9.30. The molecule has 1 N–H and O–H groups in total. The lowest BCUT2D eigenvalue weighted by Crippen LogP contribution is -2.58. The second kappa shape index (κ2) is 8.31. The van der Waals surface area contributed by atoms with Crippen LogP contribution in [0.1, 0.15) is 74.1 Å². The van der Waals surface area contributed by atoms with Gasteiger partial charge in [0, 0.05) is 0 Å². The Bertz CT molecular complexity index is 166. The Balaban J connectivity index is 4.38. The predicted octanol–water partition coefficient (Wildman–Crippen LogP) is 5.33. The van der Waals surface area contributed by atoms with Crippen LogP contribution in [0, 0.1) is 0 Å². The van der Waals surface area contributed by atoms with Gasteiger partial charge in [0.2, 0.25) is 0 Å². The summed E-state index contributed by atoms with van der Waals surface area (Å²) in [6, 6.07) is 0. The van der Waals surface area contributed by atoms with Gasteiger partial charge in [0.1, 0.15) is 8.24 Å². The first kappa shape index (κ1) is 17.2. The largest absolute Gasteiger partial charge is 0.336 e. The van der Waals surface area contributed by atoms with Gasteiger partial charge in [-0.15, -0.1) is 0 Å². The van der Waals surface area contributed by atoms with Gasteiger partial charge >= 0.3 is 0 Å². The highest BCUT2D eigenvalue weighted by Crippen LogP contribution is 2.38. The molecule has 0 atom stereocenters. The summed E-state index contributed by atoms with van der Waals surface area (Å²) in [6.45, 7) is 18.0. The van der Waals surface area contributed by atoms with Crippen LogP contribution in [0.3, 0.4) is 0 Å². The van der Waals surface area contributed by atoms with Crippen LogP contribution < -0.4 is 4.98 Å². The van der Waals surface area contributed by atoms with Gasteiger partial charge in [0.15, 0.2) is 0 Å². The molecule has 0 saturated heterocycles. The molecule has 0 aliphatic heterocycles. The third kappa shape index (κ3) is 4.74. The molecule has 0 amide bonds. The molecule has 104 valence electrons. The van der Waals surface area contributed by atoms with E-state index in [1.165, 1.54) is 32.2 Å². The first-order chi connectivity index (χ1) is 7.89. The summed E-state index contributed by atoms with van der Waals surface area (Å²) in [7, 11) is -1.34. The molecule has 0 bridgehead atoms. The molecule has 0 aromatic rings. The fourth-order valence-electron chi connectivity index (χ4n) is 3.47. The van der Waals surface area contributed by atoms with Gasteiger partial charge in [0.25, 0.3) is 0 Å². The van der Waals surface area contributed by atoms with Gasteiger partial charge in [-0.25, -0.2) is 0 Å². The Hall–Kier alpha value is 0.177. The fraction of sp³-hybridized carbons (Fsp3) is 1.00. The first-order valence-electron chi connectivity index (χ1n) is 7.64. The Morgan fingerprint density at radius 3 is 1.59 bits per heavy atom. The van der Waals surface area contributed by atoms with E-state index in [0.717, 1.165) is 16.6 Å². The second-order valence-electron chi connectivity index (χ2n) is 6.38. The predicted molar refractivity (Wildman–Crippen MR) is 83.2 cm³/mol. The molecule has 17 heavy (non-hydrogen) atoms. The highest BCUT2D eigenvalue weighted by Gasteiger charge is 2.42. The van der Waals surface area contributed by atoms with Crippen LogP contribution in [0.15, 0.2) is 0 Å². The quantitative estimate of drug-likeness (QED) is 0.435. The molecule has 0 fully saturated rings. The summed E-state index contributed by atoms with van der Waals surface area (Å²) in [5.74, 6) is 0. The molecule has 0 aliphatic carbocycles. The van der Waals surface area contributed by atoms with Crippen molar-refractivity contribution >= 4 is 8.24 Å². The van der Waals surface area contributed by atoms with Gasteiger partial charge in [-0.05, 0) is 29.6 Å². The maximum absolute atomic E-state index is 4.03. The highest BCUT2D eigenvalue weighted by atomic mass is 28.3. The number of hydrogen-bond donors (Lipinski definition) is 1. The lowest BCUT2D eigenvalue weighted by atomic mass is 10.2. The van der Waals surface area contributed by atoms with E-state index in [2.05, 4.69) is 53.4 Å². The maximum Gasteiger partial charge on any atom is 0.133 e. The van der Waals surface area contributed by atoms with Crippen molar-refractivity contribution in [2.45, 2.75) is 90.8 Å². The molecule has 0 saturated carbocycles. The summed E-state index contributed by atoms with van der Waals surface area (Å²) in [5.41, 5.74) is 2.48. The van der Waals surface area contributed by atoms with Gasteiger partial charge in [-0.2, -0.15) is 0 Å². The second-order valence-corrected chi connectivity index (χ2v) is 12.1. The monoisotopic (exact) mass is 257 g/mol. The third-order valence-corrected chi connectivity index (χ3v) is 10.9. The molecule has 0 aromatic carbocycles. The molecule has 0 unspecified atom stereocenters. The molecule has 1 nitrogen and oxygen atoms in total. The molecule has 0 spiro atoms. The summed E-state index contributed by atoms with van der Waals surface area (Å²) in [5, 5.41) is 0. The molecule has 2 heteroatoms. The zero-order chi connectivity index (χ0) is 13.5. The van der Waals surface area contributed by atoms with Crippen LogP contribution in [-0.4, -0.2) is 14.8 Å². The molecule has 0 aromatic heterocycles. The Labute approximate surface area is 111 Å². The minimum absolute atomic E-state index is 0.827. The number of unbranched alkanes of at least 4 members (excludes halogenated alkanes) is 3. The summed E-state index contributed by atoms with van der Waals surface area (Å²) in [6.07, 6.45) is 5.47. The zero-order valence-electron chi connectivity index (χ0n) is 13.3. The normalized spacial score (nSPS) is 13.1. The average molecular weight is 258 g/mol. The van der Waals surface area contributed by atoms with Gasteiger partial charge in [0.05, 0.1) is 0 Å². The van der Waals surface area contributed by atoms with Crippen LogP contribution in [0.4, 0.5) is 0 Å². The van der Waals surface area contributed by atoms with Crippen molar-refractivity contribution in [1.29, 1.82) is 0 Å². The van der Waals surface area contributed by atoms with E-state index in [9.17, 15) is 0 Å². The van der Waals surface area contributed by atoms with Crippen LogP contribution in [0.25, 0.3) is 0 Å². The molecule has 0 heterocycles. The third-order valence-electron chi connectivity index (χ3n) is 4.33. The molecular formula is C15H35NSi. The number of hydrogen-bond acceptors (Lipinski definition) is 1. The van der Waals surface area contributed by atoms with E-state index in [4.69, 9.17) is 0 Å². The highest BCUT2D eigenvalue weighted by molar-refractivity contribution is 6.81. The maximum atomic E-state index is 4.03. The summed E-state index contributed by atoms with van der Waals surface area (Å²) in [4.78, 5) is 4.03.